The molecule has 0 saturated heterocycles. The Bertz CT molecular complexity index is 366. The van der Waals surface area contributed by atoms with E-state index in [-0.39, 0.29) is 5.69 Å². The smallest absolute Gasteiger partial charge is 0.270 e. The third-order valence-corrected chi connectivity index (χ3v) is 2.26. The standard InChI is InChI=1S/C9H9BrN2O2/c1-2-5-11-9-4-3-7(12(13)14)6-8(9)10/h2-4,6,11H,1,5H2. The van der Waals surface area contributed by atoms with Crippen molar-refractivity contribution >= 4 is 27.3 Å². The van der Waals surface area contributed by atoms with E-state index in [0.717, 1.165) is 5.69 Å². The molecule has 0 heterocycles. The maximum atomic E-state index is 10.4. The fourth-order valence-electron chi connectivity index (χ4n) is 0.943. The number of nitrogens with one attached hydrogen (secondary N) is 1. The minimum atomic E-state index is -0.429. The van der Waals surface area contributed by atoms with Gasteiger partial charge in [0.15, 0.2) is 0 Å². The highest BCUT2D eigenvalue weighted by Gasteiger charge is 2.07. The third kappa shape index (κ3) is 2.56. The molecule has 0 unspecified atom stereocenters. The highest BCUT2D eigenvalue weighted by atomic mass is 79.9. The lowest BCUT2D eigenvalue weighted by Crippen LogP contribution is -1.98. The molecule has 0 atom stereocenters. The van der Waals surface area contributed by atoms with E-state index >= 15 is 0 Å². The summed E-state index contributed by atoms with van der Waals surface area (Å²) in [6.45, 7) is 4.19. The molecule has 74 valence electrons. The molecule has 0 aliphatic carbocycles. The number of nitrogens with zero attached hydrogens (tertiary/aromatic N) is 1. The van der Waals surface area contributed by atoms with Crippen LogP contribution in [-0.2, 0) is 0 Å². The van der Waals surface area contributed by atoms with Crippen molar-refractivity contribution in [2.75, 3.05) is 11.9 Å². The summed E-state index contributed by atoms with van der Waals surface area (Å²) in [5.74, 6) is 0. The van der Waals surface area contributed by atoms with Gasteiger partial charge in [-0.25, -0.2) is 0 Å². The molecule has 1 rings (SSSR count). The van der Waals surface area contributed by atoms with E-state index in [1.165, 1.54) is 12.1 Å². The SMILES string of the molecule is C=CCNc1ccc([N+](=O)[O-])cc1Br. The van der Waals surface area contributed by atoms with Crippen LogP contribution in [0.5, 0.6) is 0 Å². The zero-order chi connectivity index (χ0) is 10.6. The molecular formula is C9H9BrN2O2. The Kier molecular flexibility index (Phi) is 3.64. The van der Waals surface area contributed by atoms with Gasteiger partial charge in [-0.3, -0.25) is 10.1 Å². The van der Waals surface area contributed by atoms with Crippen LogP contribution in [-0.4, -0.2) is 11.5 Å². The Morgan fingerprint density at radius 3 is 2.86 bits per heavy atom. The van der Waals surface area contributed by atoms with E-state index in [4.69, 9.17) is 0 Å². The third-order valence-electron chi connectivity index (χ3n) is 1.60. The van der Waals surface area contributed by atoms with Gasteiger partial charge in [-0.2, -0.15) is 0 Å². The highest BCUT2D eigenvalue weighted by Crippen LogP contribution is 2.26. The maximum Gasteiger partial charge on any atom is 0.270 e. The molecule has 14 heavy (non-hydrogen) atoms. The summed E-state index contributed by atoms with van der Waals surface area (Å²) in [7, 11) is 0. The van der Waals surface area contributed by atoms with Crippen LogP contribution < -0.4 is 5.32 Å². The number of hydrogen-bond donors (Lipinski definition) is 1. The van der Waals surface area contributed by atoms with Gasteiger partial charge in [0.05, 0.1) is 4.92 Å². The molecule has 1 aromatic rings. The van der Waals surface area contributed by atoms with Gasteiger partial charge in [0.2, 0.25) is 0 Å². The first-order valence-electron chi connectivity index (χ1n) is 3.94. The van der Waals surface area contributed by atoms with Crippen LogP contribution in [0.2, 0.25) is 0 Å². The number of rotatable bonds is 4. The lowest BCUT2D eigenvalue weighted by molar-refractivity contribution is -0.384. The second kappa shape index (κ2) is 4.76. The summed E-state index contributed by atoms with van der Waals surface area (Å²) in [4.78, 5) is 10.00. The van der Waals surface area contributed by atoms with Gasteiger partial charge >= 0.3 is 0 Å². The predicted octanol–water partition coefficient (Wildman–Crippen LogP) is 2.96. The largest absolute Gasteiger partial charge is 0.381 e. The van der Waals surface area contributed by atoms with Crippen LogP contribution in [0, 0.1) is 10.1 Å². The van der Waals surface area contributed by atoms with Gasteiger partial charge in [0.25, 0.3) is 5.69 Å². The monoisotopic (exact) mass is 256 g/mol. The summed E-state index contributed by atoms with van der Waals surface area (Å²) >= 11 is 3.24. The minimum absolute atomic E-state index is 0.0704. The van der Waals surface area contributed by atoms with E-state index < -0.39 is 4.92 Å². The number of nitro groups is 1. The summed E-state index contributed by atoms with van der Waals surface area (Å²) < 4.78 is 0.675. The first-order valence-corrected chi connectivity index (χ1v) is 4.73. The van der Waals surface area contributed by atoms with Crippen molar-refractivity contribution < 1.29 is 4.92 Å². The first kappa shape index (κ1) is 10.7. The van der Waals surface area contributed by atoms with Crippen molar-refractivity contribution in [1.82, 2.24) is 0 Å². The maximum absolute atomic E-state index is 10.4. The van der Waals surface area contributed by atoms with Crippen LogP contribution in [0.25, 0.3) is 0 Å². The number of halogens is 1. The van der Waals surface area contributed by atoms with Crippen LogP contribution in [0.4, 0.5) is 11.4 Å². The normalized spacial score (nSPS) is 9.50. The lowest BCUT2D eigenvalue weighted by Gasteiger charge is -2.05. The van der Waals surface area contributed by atoms with Gasteiger partial charge in [-0.15, -0.1) is 6.58 Å². The van der Waals surface area contributed by atoms with Gasteiger partial charge < -0.3 is 5.32 Å². The molecule has 0 saturated carbocycles. The van der Waals surface area contributed by atoms with Crippen molar-refractivity contribution in [3.8, 4) is 0 Å². The van der Waals surface area contributed by atoms with Gasteiger partial charge in [0.1, 0.15) is 0 Å². The van der Waals surface area contributed by atoms with Gasteiger partial charge in [-0.05, 0) is 22.0 Å². The molecule has 0 amide bonds. The molecule has 0 aliphatic heterocycles. The summed E-state index contributed by atoms with van der Waals surface area (Å²) in [5.41, 5.74) is 0.886. The fraction of sp³-hybridized carbons (Fsp3) is 0.111. The second-order valence-electron chi connectivity index (χ2n) is 2.59. The molecule has 0 bridgehead atoms. The van der Waals surface area contributed by atoms with Crippen molar-refractivity contribution in [2.24, 2.45) is 0 Å². The lowest BCUT2D eigenvalue weighted by atomic mass is 10.3. The number of nitro benzene ring substituents is 1. The Balaban J connectivity index is 2.89. The molecule has 1 N–H and O–H groups in total. The van der Waals surface area contributed by atoms with Crippen LogP contribution >= 0.6 is 15.9 Å². The van der Waals surface area contributed by atoms with Crippen LogP contribution in [0.3, 0.4) is 0 Å². The average Bonchev–Trinajstić information content (AvgIpc) is 2.15. The van der Waals surface area contributed by atoms with E-state index in [1.807, 2.05) is 0 Å². The second-order valence-corrected chi connectivity index (χ2v) is 3.45. The molecule has 5 heteroatoms. The van der Waals surface area contributed by atoms with Crippen molar-refractivity contribution in [3.05, 3.63) is 45.4 Å². The molecular weight excluding hydrogens is 248 g/mol. The topological polar surface area (TPSA) is 55.2 Å². The predicted molar refractivity (Wildman–Crippen MR) is 59.5 cm³/mol. The highest BCUT2D eigenvalue weighted by molar-refractivity contribution is 9.10. The Morgan fingerprint density at radius 1 is 1.64 bits per heavy atom. The number of anilines is 1. The van der Waals surface area contributed by atoms with Crippen LogP contribution in [0.15, 0.2) is 35.3 Å². The zero-order valence-electron chi connectivity index (χ0n) is 7.37. The minimum Gasteiger partial charge on any atom is -0.381 e. The van der Waals surface area contributed by atoms with E-state index in [0.29, 0.717) is 11.0 Å². The quantitative estimate of drug-likeness (QED) is 0.512. The molecule has 0 spiro atoms. The molecule has 4 nitrogen and oxygen atoms in total. The first-order chi connectivity index (χ1) is 6.65. The molecule has 0 aliphatic rings. The molecule has 0 radical (unpaired) electrons. The number of benzene rings is 1. The van der Waals surface area contributed by atoms with Gasteiger partial charge in [-0.1, -0.05) is 6.08 Å². The Morgan fingerprint density at radius 2 is 2.36 bits per heavy atom. The average molecular weight is 257 g/mol. The summed E-state index contributed by atoms with van der Waals surface area (Å²) in [5, 5.41) is 13.5. The fourth-order valence-corrected chi connectivity index (χ4v) is 1.45. The Hall–Kier alpha value is -1.36. The van der Waals surface area contributed by atoms with Crippen molar-refractivity contribution in [3.63, 3.8) is 0 Å². The molecule has 0 fully saturated rings. The zero-order valence-corrected chi connectivity index (χ0v) is 8.95. The van der Waals surface area contributed by atoms with Crippen LogP contribution in [0.1, 0.15) is 0 Å². The molecule has 0 aromatic heterocycles. The van der Waals surface area contributed by atoms with E-state index in [1.54, 1.807) is 12.1 Å². The summed E-state index contributed by atoms with van der Waals surface area (Å²) in [6, 6.07) is 4.58. The van der Waals surface area contributed by atoms with E-state index in [2.05, 4.69) is 27.8 Å². The van der Waals surface area contributed by atoms with Crippen molar-refractivity contribution in [2.45, 2.75) is 0 Å². The van der Waals surface area contributed by atoms with Gasteiger partial charge in [0, 0.05) is 28.8 Å². The number of hydrogen-bond acceptors (Lipinski definition) is 3. The summed E-state index contributed by atoms with van der Waals surface area (Å²) in [6.07, 6.45) is 1.72. The Labute approximate surface area is 89.9 Å². The van der Waals surface area contributed by atoms with Crippen molar-refractivity contribution in [1.29, 1.82) is 0 Å². The number of non-ortho nitro benzene ring substituents is 1. The van der Waals surface area contributed by atoms with E-state index in [9.17, 15) is 10.1 Å². The molecule has 1 aromatic carbocycles.